The normalized spacial score (nSPS) is 17.2. The number of likely N-dealkylation sites (tertiary alicyclic amines) is 1. The largest absolute Gasteiger partial charge is 0.490 e. The van der Waals surface area contributed by atoms with Crippen LogP contribution in [-0.2, 0) is 29.5 Å². The number of pyridine rings is 1. The van der Waals surface area contributed by atoms with Crippen LogP contribution in [0.5, 0.6) is 5.75 Å². The minimum Gasteiger partial charge on any atom is -0.490 e. The van der Waals surface area contributed by atoms with Gasteiger partial charge < -0.3 is 19.1 Å². The number of nitrogens with zero attached hydrogens (tertiary/aromatic N) is 3. The van der Waals surface area contributed by atoms with Crippen molar-refractivity contribution >= 4 is 17.0 Å². The summed E-state index contributed by atoms with van der Waals surface area (Å²) in [6.45, 7) is 12.7. The highest BCUT2D eigenvalue weighted by Gasteiger charge is 2.34. The van der Waals surface area contributed by atoms with E-state index in [0.717, 1.165) is 53.9 Å². The fourth-order valence-corrected chi connectivity index (χ4v) is 6.12. The molecule has 0 radical (unpaired) electrons. The van der Waals surface area contributed by atoms with Gasteiger partial charge in [0, 0.05) is 47.1 Å². The number of carboxylic acids is 1. The number of rotatable bonds is 6. The van der Waals surface area contributed by atoms with Crippen molar-refractivity contribution < 1.29 is 23.8 Å². The monoisotopic (exact) mass is 537 g/mol. The predicted molar refractivity (Wildman–Crippen MR) is 150 cm³/mol. The molecule has 1 unspecified atom stereocenters. The first kappa shape index (κ1) is 27.6. The van der Waals surface area contributed by atoms with Crippen molar-refractivity contribution in [3.8, 4) is 16.9 Å². The smallest absolute Gasteiger partial charge is 0.337 e. The topological polar surface area (TPSA) is 76.8 Å². The Hall–Kier alpha value is -2.97. The summed E-state index contributed by atoms with van der Waals surface area (Å²) in [5.41, 5.74) is 5.26. The van der Waals surface area contributed by atoms with Crippen LogP contribution in [0.25, 0.3) is 22.2 Å². The quantitative estimate of drug-likeness (QED) is 0.401. The fourth-order valence-electron chi connectivity index (χ4n) is 6.12. The number of benzene rings is 1. The lowest BCUT2D eigenvalue weighted by atomic mass is 9.86. The van der Waals surface area contributed by atoms with Crippen LogP contribution in [0.4, 0.5) is 4.39 Å². The Morgan fingerprint density at radius 2 is 1.90 bits per heavy atom. The second-order valence-electron chi connectivity index (χ2n) is 12.0. The summed E-state index contributed by atoms with van der Waals surface area (Å²) >= 11 is 0. The van der Waals surface area contributed by atoms with Gasteiger partial charge in [0.25, 0.3) is 0 Å². The van der Waals surface area contributed by atoms with Gasteiger partial charge in [0.05, 0.1) is 12.2 Å². The maximum Gasteiger partial charge on any atom is 0.337 e. The minimum atomic E-state index is -1.27. The molecule has 7 nitrogen and oxygen atoms in total. The van der Waals surface area contributed by atoms with Gasteiger partial charge in [-0.25, -0.2) is 14.2 Å². The van der Waals surface area contributed by atoms with E-state index in [-0.39, 0.29) is 0 Å². The molecule has 4 heterocycles. The third-order valence-electron chi connectivity index (χ3n) is 8.00. The first-order valence-corrected chi connectivity index (χ1v) is 14.0. The molecule has 210 valence electrons. The number of fused-ring (bicyclic) bond motifs is 2. The molecule has 2 aliphatic rings. The lowest BCUT2D eigenvalue weighted by molar-refractivity contribution is -0.160. The molecule has 3 aromatic rings. The average Bonchev–Trinajstić information content (AvgIpc) is 3.19. The van der Waals surface area contributed by atoms with E-state index in [1.807, 2.05) is 41.7 Å². The molecule has 0 spiro atoms. The van der Waals surface area contributed by atoms with Crippen LogP contribution in [0.1, 0.15) is 80.6 Å². The average molecular weight is 538 g/mol. The van der Waals surface area contributed by atoms with E-state index in [9.17, 15) is 9.90 Å². The van der Waals surface area contributed by atoms with E-state index in [2.05, 4.69) is 15.5 Å². The summed E-state index contributed by atoms with van der Waals surface area (Å²) in [5.74, 6) is -1.21. The van der Waals surface area contributed by atoms with Crippen LogP contribution in [0.3, 0.4) is 0 Å². The molecule has 2 aliphatic heterocycles. The van der Waals surface area contributed by atoms with Gasteiger partial charge in [0.1, 0.15) is 5.65 Å². The molecule has 0 saturated carbocycles. The summed E-state index contributed by atoms with van der Waals surface area (Å²) in [4.78, 5) is 20.1. The Kier molecular flexibility index (Phi) is 7.46. The molecular formula is C31H40FN3O4. The zero-order valence-corrected chi connectivity index (χ0v) is 24.0. The molecule has 0 amide bonds. The SMILES string of the molecule is Cc1nc2c(cc(CN3CCCCC3)n2C)c(-c2cc(F)c3c(c2C)CCCO3)c1C(OC(C)(C)C)C(=O)O. The van der Waals surface area contributed by atoms with E-state index in [0.29, 0.717) is 41.2 Å². The van der Waals surface area contributed by atoms with Crippen LogP contribution >= 0.6 is 0 Å². The molecule has 1 N–H and O–H groups in total. The highest BCUT2D eigenvalue weighted by Crippen LogP contribution is 2.44. The first-order valence-electron chi connectivity index (χ1n) is 14.0. The molecule has 1 aromatic carbocycles. The van der Waals surface area contributed by atoms with Gasteiger partial charge in [0.2, 0.25) is 0 Å². The van der Waals surface area contributed by atoms with Crippen LogP contribution in [0, 0.1) is 19.7 Å². The first-order chi connectivity index (χ1) is 18.5. The van der Waals surface area contributed by atoms with Crippen LogP contribution < -0.4 is 4.74 Å². The Bertz CT molecular complexity index is 1420. The van der Waals surface area contributed by atoms with Gasteiger partial charge >= 0.3 is 5.97 Å². The molecule has 0 bridgehead atoms. The van der Waals surface area contributed by atoms with E-state index in [1.54, 1.807) is 0 Å². The molecule has 2 aromatic heterocycles. The Balaban J connectivity index is 1.80. The zero-order chi connectivity index (χ0) is 28.1. The van der Waals surface area contributed by atoms with Gasteiger partial charge in [-0.2, -0.15) is 0 Å². The number of aromatic nitrogens is 2. The third kappa shape index (κ3) is 5.29. The molecular weight excluding hydrogens is 497 g/mol. The fraction of sp³-hybridized carbons (Fsp3) is 0.548. The second-order valence-corrected chi connectivity index (χ2v) is 12.0. The van der Waals surface area contributed by atoms with Crippen molar-refractivity contribution in [3.05, 3.63) is 46.0 Å². The summed E-state index contributed by atoms with van der Waals surface area (Å²) < 4.78 is 29.5. The number of carboxylic acid groups (broad SMARTS) is 1. The predicted octanol–water partition coefficient (Wildman–Crippen LogP) is 6.25. The van der Waals surface area contributed by atoms with E-state index in [1.165, 1.54) is 25.3 Å². The lowest BCUT2D eigenvalue weighted by Crippen LogP contribution is -2.29. The summed E-state index contributed by atoms with van der Waals surface area (Å²) in [5, 5.41) is 11.2. The summed E-state index contributed by atoms with van der Waals surface area (Å²) in [7, 11) is 2.01. The van der Waals surface area contributed by atoms with Crippen molar-refractivity contribution in [1.82, 2.24) is 14.5 Å². The number of carbonyl (C=O) groups is 1. The number of aliphatic carboxylic acids is 1. The van der Waals surface area contributed by atoms with Crippen molar-refractivity contribution in [2.75, 3.05) is 19.7 Å². The van der Waals surface area contributed by atoms with Crippen molar-refractivity contribution in [3.63, 3.8) is 0 Å². The van der Waals surface area contributed by atoms with Gasteiger partial charge in [-0.3, -0.25) is 4.90 Å². The van der Waals surface area contributed by atoms with E-state index in [4.69, 9.17) is 14.5 Å². The lowest BCUT2D eigenvalue weighted by Gasteiger charge is -2.29. The molecule has 1 fully saturated rings. The highest BCUT2D eigenvalue weighted by atomic mass is 19.1. The van der Waals surface area contributed by atoms with Crippen molar-refractivity contribution in [1.29, 1.82) is 0 Å². The number of piperidine rings is 1. The van der Waals surface area contributed by atoms with Crippen molar-refractivity contribution in [2.24, 2.45) is 7.05 Å². The van der Waals surface area contributed by atoms with Crippen LogP contribution in [-0.4, -0.2) is 50.8 Å². The second kappa shape index (κ2) is 10.5. The standard InChI is InChI=1S/C31H40FN3O4/c1-18-21-11-10-14-38-27(21)24(32)16-22(18)26-23-15-20(17-35-12-8-7-9-13-35)34(6)29(23)33-19(2)25(26)28(30(36)37)39-31(3,4)5/h15-16,28H,7-14,17H2,1-6H3,(H,36,37). The number of halogens is 1. The zero-order valence-electron chi connectivity index (χ0n) is 24.0. The number of hydrogen-bond donors (Lipinski definition) is 1. The molecule has 1 saturated heterocycles. The number of ether oxygens (including phenoxy) is 2. The van der Waals surface area contributed by atoms with Crippen molar-refractivity contribution in [2.45, 2.75) is 85.0 Å². The summed E-state index contributed by atoms with van der Waals surface area (Å²) in [6.07, 6.45) is 3.90. The van der Waals surface area contributed by atoms with Crippen LogP contribution in [0.2, 0.25) is 0 Å². The number of aryl methyl sites for hydroxylation is 2. The Morgan fingerprint density at radius 3 is 2.56 bits per heavy atom. The van der Waals surface area contributed by atoms with Gasteiger partial charge in [-0.15, -0.1) is 0 Å². The minimum absolute atomic E-state index is 0.311. The molecule has 1 atom stereocenters. The maximum atomic E-state index is 15.6. The van der Waals surface area contributed by atoms with E-state index >= 15 is 4.39 Å². The Morgan fingerprint density at radius 1 is 1.18 bits per heavy atom. The van der Waals surface area contributed by atoms with E-state index < -0.39 is 23.5 Å². The van der Waals surface area contributed by atoms with Gasteiger partial charge in [-0.05, 0) is 96.7 Å². The molecule has 39 heavy (non-hydrogen) atoms. The van der Waals surface area contributed by atoms with Crippen LogP contribution in [0.15, 0.2) is 12.1 Å². The molecule has 8 heteroatoms. The summed E-state index contributed by atoms with van der Waals surface area (Å²) in [6, 6.07) is 3.61. The third-order valence-corrected chi connectivity index (χ3v) is 8.00. The van der Waals surface area contributed by atoms with Gasteiger partial charge in [-0.1, -0.05) is 6.42 Å². The highest BCUT2D eigenvalue weighted by molar-refractivity contribution is 5.99. The Labute approximate surface area is 229 Å². The van der Waals surface area contributed by atoms with Gasteiger partial charge in [0.15, 0.2) is 17.7 Å². The molecule has 0 aliphatic carbocycles. The number of hydrogen-bond acceptors (Lipinski definition) is 5. The maximum absolute atomic E-state index is 15.6. The molecule has 5 rings (SSSR count).